The fourth-order valence-electron chi connectivity index (χ4n) is 3.89. The van der Waals surface area contributed by atoms with Crippen LogP contribution in [0.15, 0.2) is 53.6 Å². The summed E-state index contributed by atoms with van der Waals surface area (Å²) >= 11 is 1.27. The standard InChI is InChI=1S/C24H22N4O3S/c1-14-6-5-7-15(2)23(14)27-16(3)10-19(17(27)4)13-25-26-24(29)22-12-18-11-20(28(30)31)8-9-21(18)32-22/h5-13H,1-4H3,(H,26,29). The van der Waals surface area contributed by atoms with E-state index in [2.05, 4.69) is 41.1 Å². The van der Waals surface area contributed by atoms with Crippen LogP contribution in [0.5, 0.6) is 0 Å². The van der Waals surface area contributed by atoms with Gasteiger partial charge < -0.3 is 4.57 Å². The Morgan fingerprint density at radius 2 is 1.81 bits per heavy atom. The van der Waals surface area contributed by atoms with Crippen LogP contribution < -0.4 is 5.43 Å². The lowest BCUT2D eigenvalue weighted by Gasteiger charge is -2.15. The van der Waals surface area contributed by atoms with E-state index in [1.54, 1.807) is 18.3 Å². The molecule has 2 aromatic heterocycles. The van der Waals surface area contributed by atoms with Crippen LogP contribution in [0.25, 0.3) is 15.8 Å². The number of amides is 1. The van der Waals surface area contributed by atoms with Gasteiger partial charge in [0, 0.05) is 39.2 Å². The predicted molar refractivity (Wildman–Crippen MR) is 128 cm³/mol. The van der Waals surface area contributed by atoms with Gasteiger partial charge in [0.05, 0.1) is 21.7 Å². The van der Waals surface area contributed by atoms with E-state index >= 15 is 0 Å². The fraction of sp³-hybridized carbons (Fsp3) is 0.167. The lowest BCUT2D eigenvalue weighted by atomic mass is 10.1. The number of rotatable bonds is 5. The number of nitrogens with one attached hydrogen (secondary N) is 1. The number of non-ortho nitro benzene ring substituents is 1. The van der Waals surface area contributed by atoms with Crippen molar-refractivity contribution in [2.45, 2.75) is 27.7 Å². The van der Waals surface area contributed by atoms with Crippen molar-refractivity contribution in [1.82, 2.24) is 9.99 Å². The van der Waals surface area contributed by atoms with Gasteiger partial charge in [0.2, 0.25) is 0 Å². The van der Waals surface area contributed by atoms with Crippen LogP contribution in [-0.2, 0) is 0 Å². The number of aromatic nitrogens is 1. The van der Waals surface area contributed by atoms with Crippen LogP contribution in [0.2, 0.25) is 0 Å². The van der Waals surface area contributed by atoms with Crippen LogP contribution in [0.4, 0.5) is 5.69 Å². The first kappa shape index (κ1) is 21.5. The molecule has 8 heteroatoms. The van der Waals surface area contributed by atoms with Gasteiger partial charge in [0.25, 0.3) is 11.6 Å². The first-order valence-electron chi connectivity index (χ1n) is 10.0. The largest absolute Gasteiger partial charge is 0.317 e. The molecule has 0 aliphatic heterocycles. The minimum atomic E-state index is -0.448. The SMILES string of the molecule is Cc1cccc(C)c1-n1c(C)cc(C=NNC(=O)c2cc3cc([N+](=O)[O-])ccc3s2)c1C. The van der Waals surface area contributed by atoms with Crippen LogP contribution >= 0.6 is 11.3 Å². The van der Waals surface area contributed by atoms with Gasteiger partial charge in [-0.15, -0.1) is 11.3 Å². The predicted octanol–water partition coefficient (Wildman–Crippen LogP) is 5.60. The monoisotopic (exact) mass is 446 g/mol. The Kier molecular flexibility index (Phi) is 5.63. The quantitative estimate of drug-likeness (QED) is 0.246. The van der Waals surface area contributed by atoms with E-state index in [9.17, 15) is 14.9 Å². The van der Waals surface area contributed by atoms with E-state index in [0.717, 1.165) is 27.3 Å². The number of nitro benzene ring substituents is 1. The van der Waals surface area contributed by atoms with Gasteiger partial charge in [0.15, 0.2) is 0 Å². The molecule has 0 bridgehead atoms. The highest BCUT2D eigenvalue weighted by Crippen LogP contribution is 2.29. The topological polar surface area (TPSA) is 89.5 Å². The van der Waals surface area contributed by atoms with Gasteiger partial charge in [-0.1, -0.05) is 18.2 Å². The number of fused-ring (bicyclic) bond motifs is 1. The maximum absolute atomic E-state index is 12.5. The molecular formula is C24H22N4O3S. The number of carbonyl (C=O) groups is 1. The molecule has 0 spiro atoms. The van der Waals surface area contributed by atoms with E-state index in [1.807, 2.05) is 26.0 Å². The number of nitrogens with zero attached hydrogens (tertiary/aromatic N) is 3. The van der Waals surface area contributed by atoms with Crippen molar-refractivity contribution in [3.05, 3.63) is 91.6 Å². The first-order chi connectivity index (χ1) is 15.3. The summed E-state index contributed by atoms with van der Waals surface area (Å²) in [5.74, 6) is -0.353. The van der Waals surface area contributed by atoms with Crippen molar-refractivity contribution in [3.63, 3.8) is 0 Å². The second-order valence-electron chi connectivity index (χ2n) is 7.69. The summed E-state index contributed by atoms with van der Waals surface area (Å²) in [4.78, 5) is 23.5. The minimum absolute atomic E-state index is 0.000439. The molecule has 0 radical (unpaired) electrons. The number of nitro groups is 1. The third-order valence-corrected chi connectivity index (χ3v) is 6.55. The van der Waals surface area contributed by atoms with Gasteiger partial charge in [-0.3, -0.25) is 14.9 Å². The Bertz CT molecular complexity index is 1380. The first-order valence-corrected chi connectivity index (χ1v) is 10.8. The maximum atomic E-state index is 12.5. The molecule has 32 heavy (non-hydrogen) atoms. The normalized spacial score (nSPS) is 11.4. The Morgan fingerprint density at radius 3 is 2.50 bits per heavy atom. The minimum Gasteiger partial charge on any atom is -0.317 e. The lowest BCUT2D eigenvalue weighted by molar-refractivity contribution is -0.384. The molecule has 2 aromatic carbocycles. The van der Waals surface area contributed by atoms with Gasteiger partial charge in [-0.05, 0) is 57.0 Å². The van der Waals surface area contributed by atoms with E-state index in [-0.39, 0.29) is 11.6 Å². The molecule has 4 rings (SSSR count). The molecule has 0 atom stereocenters. The summed E-state index contributed by atoms with van der Waals surface area (Å²) in [6, 6.07) is 14.5. The van der Waals surface area contributed by atoms with Gasteiger partial charge >= 0.3 is 0 Å². The third kappa shape index (κ3) is 3.92. The molecule has 0 unspecified atom stereocenters. The zero-order valence-electron chi connectivity index (χ0n) is 18.2. The lowest BCUT2D eigenvalue weighted by Crippen LogP contribution is -2.16. The van der Waals surface area contributed by atoms with E-state index in [0.29, 0.717) is 10.3 Å². The number of para-hydroxylation sites is 1. The highest BCUT2D eigenvalue weighted by Gasteiger charge is 2.15. The van der Waals surface area contributed by atoms with Crippen molar-refractivity contribution in [3.8, 4) is 5.69 Å². The smallest absolute Gasteiger partial charge is 0.281 e. The Labute approximate surface area is 189 Å². The van der Waals surface area contributed by atoms with Crippen molar-refractivity contribution in [2.24, 2.45) is 5.10 Å². The highest BCUT2D eigenvalue weighted by atomic mass is 32.1. The second-order valence-corrected chi connectivity index (χ2v) is 8.78. The average molecular weight is 447 g/mol. The van der Waals surface area contributed by atoms with Crippen molar-refractivity contribution in [2.75, 3.05) is 0 Å². The zero-order chi connectivity index (χ0) is 23.0. The fourth-order valence-corrected chi connectivity index (χ4v) is 4.83. The molecule has 1 N–H and O–H groups in total. The Balaban J connectivity index is 1.55. The van der Waals surface area contributed by atoms with Gasteiger partial charge in [-0.25, -0.2) is 5.43 Å². The molecule has 2 heterocycles. The second kappa shape index (κ2) is 8.39. The van der Waals surface area contributed by atoms with E-state index < -0.39 is 4.92 Å². The van der Waals surface area contributed by atoms with Crippen LogP contribution in [0.3, 0.4) is 0 Å². The summed E-state index contributed by atoms with van der Waals surface area (Å²) in [5, 5.41) is 15.8. The summed E-state index contributed by atoms with van der Waals surface area (Å²) in [5.41, 5.74) is 9.13. The average Bonchev–Trinajstić information content (AvgIpc) is 3.29. The van der Waals surface area contributed by atoms with Crippen molar-refractivity contribution >= 4 is 39.2 Å². The molecule has 7 nitrogen and oxygen atoms in total. The van der Waals surface area contributed by atoms with Crippen molar-refractivity contribution in [1.29, 1.82) is 0 Å². The van der Waals surface area contributed by atoms with Crippen molar-refractivity contribution < 1.29 is 9.72 Å². The summed E-state index contributed by atoms with van der Waals surface area (Å²) in [7, 11) is 0. The van der Waals surface area contributed by atoms with Gasteiger partial charge in [-0.2, -0.15) is 5.10 Å². The number of benzene rings is 2. The molecule has 0 aliphatic rings. The zero-order valence-corrected chi connectivity index (χ0v) is 19.0. The number of thiophene rings is 1. The number of carbonyl (C=O) groups excluding carboxylic acids is 1. The highest BCUT2D eigenvalue weighted by molar-refractivity contribution is 7.20. The van der Waals surface area contributed by atoms with E-state index in [1.165, 1.54) is 34.6 Å². The van der Waals surface area contributed by atoms with E-state index in [4.69, 9.17) is 0 Å². The molecule has 0 saturated heterocycles. The molecule has 4 aromatic rings. The van der Waals surface area contributed by atoms with Crippen LogP contribution in [0.1, 0.15) is 37.7 Å². The molecule has 0 fully saturated rings. The summed E-state index contributed by atoms with van der Waals surface area (Å²) < 4.78 is 3.01. The Morgan fingerprint density at radius 1 is 1.09 bits per heavy atom. The number of hydrazone groups is 1. The summed E-state index contributed by atoms with van der Waals surface area (Å²) in [6.45, 7) is 8.26. The van der Waals surface area contributed by atoms with Crippen LogP contribution in [-0.4, -0.2) is 21.6 Å². The molecule has 0 saturated carbocycles. The molecule has 0 aliphatic carbocycles. The number of hydrogen-bond donors (Lipinski definition) is 1. The Hall–Kier alpha value is -3.78. The molecule has 1 amide bonds. The maximum Gasteiger partial charge on any atom is 0.281 e. The molecule has 162 valence electrons. The number of aryl methyl sites for hydroxylation is 3. The summed E-state index contributed by atoms with van der Waals surface area (Å²) in [6.07, 6.45) is 1.64. The third-order valence-electron chi connectivity index (χ3n) is 5.44. The molecular weight excluding hydrogens is 424 g/mol. The number of hydrogen-bond acceptors (Lipinski definition) is 5. The van der Waals surface area contributed by atoms with Crippen LogP contribution in [0, 0.1) is 37.8 Å². The van der Waals surface area contributed by atoms with Gasteiger partial charge in [0.1, 0.15) is 0 Å².